The first-order valence-electron chi connectivity index (χ1n) is 9.13. The minimum atomic E-state index is -0.614. The molecule has 0 bridgehead atoms. The zero-order valence-electron chi connectivity index (χ0n) is 14.0. The number of hydrogen-bond acceptors (Lipinski definition) is 5. The Morgan fingerprint density at radius 3 is 2.75 bits per heavy atom. The normalized spacial score (nSPS) is 20.7. The van der Waals surface area contributed by atoms with Crippen molar-refractivity contribution in [3.8, 4) is 11.4 Å². The Kier molecular flexibility index (Phi) is 4.63. The smallest absolute Gasteiger partial charge is 0.256 e. The van der Waals surface area contributed by atoms with Gasteiger partial charge in [0.25, 0.3) is 5.89 Å². The summed E-state index contributed by atoms with van der Waals surface area (Å²) in [6, 6.07) is 8.35. The fourth-order valence-electron chi connectivity index (χ4n) is 3.61. The molecule has 1 unspecified atom stereocenters. The number of piperidine rings is 1. The number of likely N-dealkylation sites (tertiary alicyclic amines) is 1. The highest BCUT2D eigenvalue weighted by molar-refractivity contribution is 5.55. The van der Waals surface area contributed by atoms with E-state index in [-0.39, 0.29) is 5.92 Å². The number of nitrogens with zero attached hydrogens (tertiary/aromatic N) is 3. The maximum Gasteiger partial charge on any atom is 0.256 e. The number of aliphatic hydroxyl groups is 1. The van der Waals surface area contributed by atoms with Crippen LogP contribution in [-0.4, -0.2) is 33.2 Å². The van der Waals surface area contributed by atoms with Gasteiger partial charge < -0.3 is 9.63 Å². The summed E-state index contributed by atoms with van der Waals surface area (Å²) >= 11 is 0. The van der Waals surface area contributed by atoms with Gasteiger partial charge in [-0.05, 0) is 56.3 Å². The van der Waals surface area contributed by atoms with Gasteiger partial charge in [0.2, 0.25) is 5.82 Å². The van der Waals surface area contributed by atoms with Crippen LogP contribution in [0.4, 0.5) is 0 Å². The van der Waals surface area contributed by atoms with Crippen LogP contribution in [0.2, 0.25) is 0 Å². The molecule has 1 saturated heterocycles. The average molecular weight is 327 g/mol. The third-order valence-electron chi connectivity index (χ3n) is 5.33. The molecule has 4 rings (SSSR count). The lowest BCUT2D eigenvalue weighted by atomic mass is 9.81. The maximum atomic E-state index is 10.3. The molecular weight excluding hydrogens is 302 g/mol. The number of benzene rings is 1. The van der Waals surface area contributed by atoms with Crippen LogP contribution in [-0.2, 0) is 6.54 Å². The van der Waals surface area contributed by atoms with Gasteiger partial charge in [0.15, 0.2) is 0 Å². The van der Waals surface area contributed by atoms with Crippen molar-refractivity contribution in [1.29, 1.82) is 0 Å². The van der Waals surface area contributed by atoms with Gasteiger partial charge in [-0.25, -0.2) is 0 Å². The molecule has 1 aromatic heterocycles. The van der Waals surface area contributed by atoms with E-state index in [9.17, 15) is 5.11 Å². The van der Waals surface area contributed by atoms with Crippen molar-refractivity contribution in [2.24, 2.45) is 5.92 Å². The highest BCUT2D eigenvalue weighted by Crippen LogP contribution is 2.37. The standard InChI is InChI=1S/C19H25N3O2/c23-17(15-7-5-8-15)19-20-18(21-24-19)16-9-4-6-14(12-16)13-22-10-2-1-3-11-22/h4,6,9,12,15,17,23H,1-3,5,7-8,10-11,13H2. The van der Waals surface area contributed by atoms with Gasteiger partial charge in [-0.1, -0.05) is 36.2 Å². The quantitative estimate of drug-likeness (QED) is 0.910. The molecule has 1 aliphatic heterocycles. The zero-order valence-corrected chi connectivity index (χ0v) is 14.0. The number of aliphatic hydroxyl groups excluding tert-OH is 1. The molecule has 24 heavy (non-hydrogen) atoms. The first-order valence-corrected chi connectivity index (χ1v) is 9.13. The SMILES string of the molecule is OC(c1nc(-c2cccc(CN3CCCCC3)c2)no1)C1CCC1. The molecular formula is C19H25N3O2. The molecule has 1 aromatic carbocycles. The first kappa shape index (κ1) is 15.8. The summed E-state index contributed by atoms with van der Waals surface area (Å²) in [5.74, 6) is 1.21. The van der Waals surface area contributed by atoms with Crippen molar-refractivity contribution in [3.05, 3.63) is 35.7 Å². The van der Waals surface area contributed by atoms with Crippen molar-refractivity contribution in [2.75, 3.05) is 13.1 Å². The molecule has 2 aromatic rings. The highest BCUT2D eigenvalue weighted by atomic mass is 16.5. The van der Waals surface area contributed by atoms with E-state index in [0.29, 0.717) is 11.7 Å². The second-order valence-electron chi connectivity index (χ2n) is 7.13. The van der Waals surface area contributed by atoms with Gasteiger partial charge in [-0.15, -0.1) is 0 Å². The minimum Gasteiger partial charge on any atom is -0.383 e. The molecule has 128 valence electrons. The van der Waals surface area contributed by atoms with E-state index in [2.05, 4.69) is 27.2 Å². The Hall–Kier alpha value is -1.72. The largest absolute Gasteiger partial charge is 0.383 e. The molecule has 0 amide bonds. The van der Waals surface area contributed by atoms with Crippen LogP contribution in [0.25, 0.3) is 11.4 Å². The van der Waals surface area contributed by atoms with Gasteiger partial charge in [0.1, 0.15) is 6.10 Å². The lowest BCUT2D eigenvalue weighted by Gasteiger charge is -2.27. The molecule has 1 N–H and O–H groups in total. The van der Waals surface area contributed by atoms with Crippen LogP contribution in [0, 0.1) is 5.92 Å². The van der Waals surface area contributed by atoms with Crippen LogP contribution in [0.5, 0.6) is 0 Å². The zero-order chi connectivity index (χ0) is 16.4. The van der Waals surface area contributed by atoms with E-state index in [1.54, 1.807) is 0 Å². The highest BCUT2D eigenvalue weighted by Gasteiger charge is 2.30. The summed E-state index contributed by atoms with van der Waals surface area (Å²) in [7, 11) is 0. The molecule has 1 atom stereocenters. The minimum absolute atomic E-state index is 0.281. The molecule has 1 saturated carbocycles. The summed E-state index contributed by atoms with van der Waals surface area (Å²) < 4.78 is 5.31. The Morgan fingerprint density at radius 1 is 1.17 bits per heavy atom. The fraction of sp³-hybridized carbons (Fsp3) is 0.579. The van der Waals surface area contributed by atoms with Crippen LogP contribution in [0.1, 0.15) is 56.1 Å². The number of hydrogen-bond donors (Lipinski definition) is 1. The molecule has 2 fully saturated rings. The lowest BCUT2D eigenvalue weighted by molar-refractivity contribution is 0.0354. The van der Waals surface area contributed by atoms with Crippen LogP contribution < -0.4 is 0 Å². The maximum absolute atomic E-state index is 10.3. The fourth-order valence-corrected chi connectivity index (χ4v) is 3.61. The Morgan fingerprint density at radius 2 is 2.00 bits per heavy atom. The van der Waals surface area contributed by atoms with E-state index >= 15 is 0 Å². The second kappa shape index (κ2) is 7.03. The summed E-state index contributed by atoms with van der Waals surface area (Å²) in [5, 5.41) is 14.3. The van der Waals surface area contributed by atoms with E-state index in [4.69, 9.17) is 4.52 Å². The van der Waals surface area contributed by atoms with Crippen molar-refractivity contribution >= 4 is 0 Å². The molecule has 0 radical (unpaired) electrons. The molecule has 1 aliphatic carbocycles. The monoisotopic (exact) mass is 327 g/mol. The van der Waals surface area contributed by atoms with Crippen LogP contribution in [0.3, 0.4) is 0 Å². The van der Waals surface area contributed by atoms with Crippen LogP contribution >= 0.6 is 0 Å². The molecule has 5 nitrogen and oxygen atoms in total. The van der Waals surface area contributed by atoms with E-state index < -0.39 is 6.10 Å². The van der Waals surface area contributed by atoms with Crippen molar-refractivity contribution < 1.29 is 9.63 Å². The molecule has 2 heterocycles. The second-order valence-corrected chi connectivity index (χ2v) is 7.13. The Balaban J connectivity index is 1.47. The van der Waals surface area contributed by atoms with Gasteiger partial charge in [0.05, 0.1) is 0 Å². The van der Waals surface area contributed by atoms with E-state index in [1.807, 2.05) is 12.1 Å². The summed E-state index contributed by atoms with van der Waals surface area (Å²) in [6.45, 7) is 3.34. The Bertz CT molecular complexity index is 675. The van der Waals surface area contributed by atoms with Crippen LogP contribution in [0.15, 0.2) is 28.8 Å². The molecule has 5 heteroatoms. The van der Waals surface area contributed by atoms with Gasteiger partial charge in [-0.3, -0.25) is 4.90 Å². The van der Waals surface area contributed by atoms with E-state index in [1.165, 1.54) is 44.3 Å². The summed E-state index contributed by atoms with van der Waals surface area (Å²) in [5.41, 5.74) is 2.24. The third-order valence-corrected chi connectivity index (χ3v) is 5.33. The van der Waals surface area contributed by atoms with Crippen molar-refractivity contribution in [2.45, 2.75) is 51.2 Å². The Labute approximate surface area is 142 Å². The molecule has 0 spiro atoms. The van der Waals surface area contributed by atoms with E-state index in [0.717, 1.165) is 24.9 Å². The lowest BCUT2D eigenvalue weighted by Crippen LogP contribution is -2.29. The molecule has 2 aliphatic rings. The predicted molar refractivity (Wildman–Crippen MR) is 91.2 cm³/mol. The topological polar surface area (TPSA) is 62.4 Å². The van der Waals surface area contributed by atoms with Crippen molar-refractivity contribution in [1.82, 2.24) is 15.0 Å². The average Bonchev–Trinajstić information content (AvgIpc) is 3.04. The first-order chi connectivity index (χ1) is 11.8. The van der Waals surface area contributed by atoms with Crippen molar-refractivity contribution in [3.63, 3.8) is 0 Å². The number of aromatic nitrogens is 2. The summed E-state index contributed by atoms with van der Waals surface area (Å²) in [4.78, 5) is 6.93. The van der Waals surface area contributed by atoms with Gasteiger partial charge in [-0.2, -0.15) is 4.98 Å². The predicted octanol–water partition coefficient (Wildman–Crippen LogP) is 3.56. The third kappa shape index (κ3) is 3.37. The van der Waals surface area contributed by atoms with Gasteiger partial charge >= 0.3 is 0 Å². The summed E-state index contributed by atoms with van der Waals surface area (Å²) in [6.07, 6.45) is 6.61. The van der Waals surface area contributed by atoms with Gasteiger partial charge in [0, 0.05) is 12.1 Å². The number of rotatable bonds is 5.